The van der Waals surface area contributed by atoms with Gasteiger partial charge in [0.1, 0.15) is 17.0 Å². The summed E-state index contributed by atoms with van der Waals surface area (Å²) in [7, 11) is 0. The maximum Gasteiger partial charge on any atom is 0.364 e. The Morgan fingerprint density at radius 1 is 1.03 bits per heavy atom. The van der Waals surface area contributed by atoms with Gasteiger partial charge in [-0.1, -0.05) is 25.3 Å². The summed E-state index contributed by atoms with van der Waals surface area (Å²) in [5, 5.41) is 20.3. The number of para-hydroxylation sites is 1. The summed E-state index contributed by atoms with van der Waals surface area (Å²) >= 11 is 0. The van der Waals surface area contributed by atoms with Crippen LogP contribution in [0.5, 0.6) is 5.75 Å². The number of rotatable bonds is 4. The number of anilines is 2. The Morgan fingerprint density at radius 2 is 1.70 bits per heavy atom. The number of imide groups is 1. The molecule has 2 aromatic carbocycles. The molecule has 4 amide bonds. The van der Waals surface area contributed by atoms with Crippen molar-refractivity contribution in [2.24, 2.45) is 0 Å². The van der Waals surface area contributed by atoms with E-state index in [1.165, 1.54) is 11.0 Å². The third-order valence-electron chi connectivity index (χ3n) is 5.64. The van der Waals surface area contributed by atoms with Crippen molar-refractivity contribution in [1.29, 1.82) is 0 Å². The van der Waals surface area contributed by atoms with E-state index in [1.54, 1.807) is 0 Å². The Balaban J connectivity index is 1.68. The highest BCUT2D eigenvalue weighted by Crippen LogP contribution is 2.32. The van der Waals surface area contributed by atoms with Crippen LogP contribution in [-0.2, 0) is 0 Å². The van der Waals surface area contributed by atoms with Crippen molar-refractivity contribution in [3.63, 3.8) is 0 Å². The summed E-state index contributed by atoms with van der Waals surface area (Å²) in [6.07, 6.45) is 3.83. The number of hydrogen-bond acceptors (Lipinski definition) is 6. The van der Waals surface area contributed by atoms with Crippen molar-refractivity contribution in [2.45, 2.75) is 38.1 Å². The number of hydrogen-bond donors (Lipinski definition) is 4. The number of carboxylic acids is 1. The molecular weight excluding hydrogens is 440 g/mol. The van der Waals surface area contributed by atoms with Crippen LogP contribution < -0.4 is 21.0 Å². The van der Waals surface area contributed by atoms with Crippen LogP contribution in [0.25, 0.3) is 0 Å². The molecule has 4 N–H and O–H groups in total. The molecule has 1 aliphatic carbocycles. The molecule has 1 aliphatic heterocycles. The van der Waals surface area contributed by atoms with E-state index >= 15 is 0 Å². The van der Waals surface area contributed by atoms with Gasteiger partial charge in [-0.2, -0.15) is 5.01 Å². The van der Waals surface area contributed by atoms with Crippen molar-refractivity contribution in [1.82, 2.24) is 16.1 Å². The van der Waals surface area contributed by atoms with Gasteiger partial charge in [0, 0.05) is 11.7 Å². The molecule has 2 fully saturated rings. The predicted molar refractivity (Wildman–Crippen MR) is 112 cm³/mol. The fourth-order valence-electron chi connectivity index (χ4n) is 4.05. The molecule has 0 aromatic heterocycles. The maximum atomic E-state index is 14.2. The predicted octanol–water partition coefficient (Wildman–Crippen LogP) is 3.49. The van der Waals surface area contributed by atoms with Gasteiger partial charge in [0.2, 0.25) is 0 Å². The van der Waals surface area contributed by atoms with E-state index in [9.17, 15) is 33.4 Å². The van der Waals surface area contributed by atoms with Crippen LogP contribution in [0.2, 0.25) is 0 Å². The second-order valence-corrected chi connectivity index (χ2v) is 7.70. The molecule has 10 nitrogen and oxygen atoms in total. The zero-order chi connectivity index (χ0) is 23.7. The van der Waals surface area contributed by atoms with Crippen LogP contribution in [0.1, 0.15) is 42.5 Å². The number of nitrogens with zero attached hydrogens (tertiary/aromatic N) is 3. The lowest BCUT2D eigenvalue weighted by Crippen LogP contribution is -2.53. The lowest BCUT2D eigenvalue weighted by atomic mass is 9.93. The van der Waals surface area contributed by atoms with E-state index < -0.39 is 46.7 Å². The molecule has 4 rings (SSSR count). The average Bonchev–Trinajstić information content (AvgIpc) is 3.16. The van der Waals surface area contributed by atoms with Crippen molar-refractivity contribution in [3.05, 3.63) is 53.6 Å². The van der Waals surface area contributed by atoms with Gasteiger partial charge in [-0.15, -0.1) is 11.1 Å². The molecule has 1 saturated heterocycles. The van der Waals surface area contributed by atoms with Crippen molar-refractivity contribution in [2.75, 3.05) is 9.91 Å². The van der Waals surface area contributed by atoms with E-state index in [2.05, 4.69) is 11.1 Å². The largest absolute Gasteiger partial charge is 0.507 e. The topological polar surface area (TPSA) is 125 Å². The number of hydrazine groups is 3. The van der Waals surface area contributed by atoms with Crippen LogP contribution in [0.15, 0.2) is 36.4 Å². The molecule has 0 spiro atoms. The third kappa shape index (κ3) is 4.17. The Bertz CT molecular complexity index is 1090. The number of aromatic carboxylic acids is 1. The van der Waals surface area contributed by atoms with E-state index in [0.717, 1.165) is 49.6 Å². The van der Waals surface area contributed by atoms with Gasteiger partial charge < -0.3 is 10.2 Å². The number of urea groups is 2. The number of benzene rings is 2. The van der Waals surface area contributed by atoms with Crippen LogP contribution in [0.3, 0.4) is 0 Å². The second-order valence-electron chi connectivity index (χ2n) is 7.70. The van der Waals surface area contributed by atoms with Crippen LogP contribution in [-0.4, -0.2) is 39.3 Å². The fraction of sp³-hybridized carbons (Fsp3) is 0.286. The lowest BCUT2D eigenvalue weighted by molar-refractivity contribution is 0.0693. The molecule has 0 radical (unpaired) electrons. The monoisotopic (exact) mass is 461 g/mol. The molecule has 33 heavy (non-hydrogen) atoms. The molecule has 0 bridgehead atoms. The molecule has 0 unspecified atom stereocenters. The molecule has 1 saturated carbocycles. The van der Waals surface area contributed by atoms with E-state index in [-0.39, 0.29) is 11.7 Å². The van der Waals surface area contributed by atoms with Crippen LogP contribution >= 0.6 is 0 Å². The highest BCUT2D eigenvalue weighted by atomic mass is 19.1. The summed E-state index contributed by atoms with van der Waals surface area (Å²) in [6, 6.07) is 4.44. The summed E-state index contributed by atoms with van der Waals surface area (Å²) in [5.41, 5.74) is 3.66. The van der Waals surface area contributed by atoms with E-state index in [0.29, 0.717) is 22.9 Å². The highest BCUT2D eigenvalue weighted by molar-refractivity contribution is 6.08. The van der Waals surface area contributed by atoms with Gasteiger partial charge in [0.25, 0.3) is 0 Å². The van der Waals surface area contributed by atoms with Crippen LogP contribution in [0, 0.1) is 11.6 Å². The van der Waals surface area contributed by atoms with Crippen molar-refractivity contribution in [3.8, 4) is 5.75 Å². The van der Waals surface area contributed by atoms with Gasteiger partial charge in [0.15, 0.2) is 11.6 Å². The first kappa shape index (κ1) is 22.4. The number of phenols is 1. The number of carbonyl (C=O) groups is 3. The molecule has 12 heteroatoms. The molecule has 2 aliphatic rings. The highest BCUT2D eigenvalue weighted by Gasteiger charge is 2.41. The lowest BCUT2D eigenvalue weighted by Gasteiger charge is -2.35. The SMILES string of the molecule is O=C(O)c1cc(N(C(=O)N2NNN(c3c(F)cccc3F)C2=O)C2CCCCC2)ccc1O. The Morgan fingerprint density at radius 3 is 2.33 bits per heavy atom. The number of carboxylic acid groups (broad SMARTS) is 1. The number of nitrogens with one attached hydrogen (secondary N) is 2. The third-order valence-corrected chi connectivity index (χ3v) is 5.64. The zero-order valence-corrected chi connectivity index (χ0v) is 17.3. The minimum absolute atomic E-state index is 0.159. The van der Waals surface area contributed by atoms with E-state index in [4.69, 9.17) is 0 Å². The van der Waals surface area contributed by atoms with Gasteiger partial charge in [0.05, 0.1) is 0 Å². The van der Waals surface area contributed by atoms with Gasteiger partial charge in [-0.3, -0.25) is 4.90 Å². The quantitative estimate of drug-likeness (QED) is 0.549. The minimum Gasteiger partial charge on any atom is -0.507 e. The fourth-order valence-corrected chi connectivity index (χ4v) is 4.05. The maximum absolute atomic E-state index is 14.2. The standard InChI is InChI=1S/C21H21F2N5O5/c22-15-7-4-8-16(23)18(15)27-21(33)28(25-24-27)20(32)26(12-5-2-1-3-6-12)13-9-10-17(29)14(11-13)19(30)31/h4,7-12,24-25,29H,1-3,5-6H2,(H,30,31). The summed E-state index contributed by atoms with van der Waals surface area (Å²) < 4.78 is 28.4. The molecule has 0 atom stereocenters. The minimum atomic E-state index is -1.39. The molecular formula is C21H21F2N5O5. The number of carbonyl (C=O) groups excluding carboxylic acids is 2. The molecule has 2 aromatic rings. The van der Waals surface area contributed by atoms with Crippen molar-refractivity contribution < 1.29 is 33.4 Å². The van der Waals surface area contributed by atoms with Gasteiger partial charge in [-0.25, -0.2) is 28.2 Å². The first-order chi connectivity index (χ1) is 15.8. The summed E-state index contributed by atoms with van der Waals surface area (Å²) in [5.74, 6) is -3.88. The first-order valence-corrected chi connectivity index (χ1v) is 10.3. The van der Waals surface area contributed by atoms with E-state index in [1.807, 2.05) is 0 Å². The average molecular weight is 461 g/mol. The molecule has 1 heterocycles. The number of halogens is 2. The smallest absolute Gasteiger partial charge is 0.364 e. The Labute approximate surface area is 186 Å². The normalized spacial score (nSPS) is 16.8. The first-order valence-electron chi connectivity index (χ1n) is 10.3. The van der Waals surface area contributed by atoms with Crippen molar-refractivity contribution >= 4 is 29.4 Å². The number of aromatic hydroxyl groups is 1. The van der Waals surface area contributed by atoms with Gasteiger partial charge in [-0.05, 0) is 43.2 Å². The summed E-state index contributed by atoms with van der Waals surface area (Å²) in [6.45, 7) is 0. The zero-order valence-electron chi connectivity index (χ0n) is 17.3. The number of amides is 4. The van der Waals surface area contributed by atoms with Gasteiger partial charge >= 0.3 is 18.0 Å². The van der Waals surface area contributed by atoms with Crippen LogP contribution in [0.4, 0.5) is 29.7 Å². The Kier molecular flexibility index (Phi) is 6.11. The second kappa shape index (κ2) is 9.00. The Hall–Kier alpha value is -3.77. The molecule has 174 valence electrons. The summed E-state index contributed by atoms with van der Waals surface area (Å²) in [4.78, 5) is 39.1.